The fourth-order valence-electron chi connectivity index (χ4n) is 1.86. The Morgan fingerprint density at radius 2 is 1.83 bits per heavy atom. The minimum absolute atomic E-state index is 0.0135. The van der Waals surface area contributed by atoms with Gasteiger partial charge in [-0.05, 0) is 18.9 Å². The molecule has 23 heavy (non-hydrogen) atoms. The molecule has 0 unspecified atom stereocenters. The second kappa shape index (κ2) is 7.30. The molecule has 2 rings (SSSR count). The summed E-state index contributed by atoms with van der Waals surface area (Å²) in [5.41, 5.74) is -0.00929. The summed E-state index contributed by atoms with van der Waals surface area (Å²) in [7, 11) is 0. The van der Waals surface area contributed by atoms with Gasteiger partial charge >= 0.3 is 6.18 Å². The molecule has 124 valence electrons. The molecule has 1 aromatic carbocycles. The van der Waals surface area contributed by atoms with Gasteiger partial charge in [0.15, 0.2) is 5.69 Å². The van der Waals surface area contributed by atoms with Crippen LogP contribution < -0.4 is 10.6 Å². The number of aromatic nitrogens is 2. The first kappa shape index (κ1) is 17.1. The van der Waals surface area contributed by atoms with Crippen LogP contribution in [0.15, 0.2) is 36.4 Å². The maximum atomic E-state index is 13.0. The number of anilines is 2. The molecule has 0 aliphatic carbocycles. The Labute approximate surface area is 133 Å². The van der Waals surface area contributed by atoms with Gasteiger partial charge in [0.2, 0.25) is 5.95 Å². The summed E-state index contributed by atoms with van der Waals surface area (Å²) in [5, 5.41) is 5.79. The summed E-state index contributed by atoms with van der Waals surface area (Å²) in [4.78, 5) is 7.68. The first-order chi connectivity index (χ1) is 10.9. The molecule has 4 nitrogen and oxygen atoms in total. The SMILES string of the molecule is CC[C@H](C)Nc1nc(NCc2ccccc2)cc(C(F)(F)F)n1. The number of halogens is 3. The van der Waals surface area contributed by atoms with E-state index in [2.05, 4.69) is 20.6 Å². The van der Waals surface area contributed by atoms with Gasteiger partial charge in [0.05, 0.1) is 0 Å². The topological polar surface area (TPSA) is 49.8 Å². The number of rotatable bonds is 6. The predicted octanol–water partition coefficient (Wildman–Crippen LogP) is 4.32. The van der Waals surface area contributed by atoms with Crippen LogP contribution in [0.1, 0.15) is 31.5 Å². The van der Waals surface area contributed by atoms with Crippen LogP contribution in [0.4, 0.5) is 24.9 Å². The van der Waals surface area contributed by atoms with Gasteiger partial charge in [-0.15, -0.1) is 0 Å². The Hall–Kier alpha value is -2.31. The number of nitrogens with one attached hydrogen (secondary N) is 2. The normalized spacial score (nSPS) is 12.7. The number of benzene rings is 1. The summed E-state index contributed by atoms with van der Waals surface area (Å²) in [6.45, 7) is 4.18. The maximum absolute atomic E-state index is 13.0. The maximum Gasteiger partial charge on any atom is 0.433 e. The highest BCUT2D eigenvalue weighted by molar-refractivity contribution is 5.44. The average Bonchev–Trinajstić information content (AvgIpc) is 2.53. The Bertz CT molecular complexity index is 629. The summed E-state index contributed by atoms with van der Waals surface area (Å²) in [5.74, 6) is 0.117. The molecule has 0 spiro atoms. The van der Waals surface area contributed by atoms with E-state index in [0.717, 1.165) is 18.1 Å². The molecule has 0 saturated carbocycles. The van der Waals surface area contributed by atoms with Crippen molar-refractivity contribution in [2.45, 2.75) is 39.0 Å². The van der Waals surface area contributed by atoms with E-state index in [4.69, 9.17) is 0 Å². The highest BCUT2D eigenvalue weighted by atomic mass is 19.4. The van der Waals surface area contributed by atoms with Crippen molar-refractivity contribution in [1.82, 2.24) is 9.97 Å². The lowest BCUT2D eigenvalue weighted by Gasteiger charge is -2.15. The molecular formula is C16H19F3N4. The molecule has 1 atom stereocenters. The van der Waals surface area contributed by atoms with Gasteiger partial charge in [0.1, 0.15) is 5.82 Å². The Morgan fingerprint density at radius 3 is 2.43 bits per heavy atom. The van der Waals surface area contributed by atoms with E-state index in [-0.39, 0.29) is 17.8 Å². The van der Waals surface area contributed by atoms with Crippen LogP contribution in [0.3, 0.4) is 0 Å². The van der Waals surface area contributed by atoms with E-state index >= 15 is 0 Å². The van der Waals surface area contributed by atoms with Crippen LogP contribution in [-0.2, 0) is 12.7 Å². The van der Waals surface area contributed by atoms with E-state index in [1.54, 1.807) is 0 Å². The molecule has 0 aliphatic rings. The van der Waals surface area contributed by atoms with Gasteiger partial charge in [0.25, 0.3) is 0 Å². The van der Waals surface area contributed by atoms with Crippen LogP contribution in [0, 0.1) is 0 Å². The average molecular weight is 324 g/mol. The molecule has 1 aromatic heterocycles. The van der Waals surface area contributed by atoms with Gasteiger partial charge in [-0.1, -0.05) is 37.3 Å². The van der Waals surface area contributed by atoms with Gasteiger partial charge in [-0.2, -0.15) is 18.2 Å². The molecule has 2 aromatic rings. The van der Waals surface area contributed by atoms with E-state index in [9.17, 15) is 13.2 Å². The van der Waals surface area contributed by atoms with E-state index in [1.807, 2.05) is 44.2 Å². The lowest BCUT2D eigenvalue weighted by molar-refractivity contribution is -0.141. The number of hydrogen-bond donors (Lipinski definition) is 2. The molecule has 0 saturated heterocycles. The Balaban J connectivity index is 2.21. The number of hydrogen-bond acceptors (Lipinski definition) is 4. The summed E-state index contributed by atoms with van der Waals surface area (Å²) >= 11 is 0. The quantitative estimate of drug-likeness (QED) is 0.831. The standard InChI is InChI=1S/C16H19F3N4/c1-3-11(2)21-15-22-13(16(17,18)19)9-14(23-15)20-10-12-7-5-4-6-8-12/h4-9,11H,3,10H2,1-2H3,(H2,20,21,22,23)/t11-/m0/s1. The first-order valence-corrected chi connectivity index (χ1v) is 7.39. The van der Waals surface area contributed by atoms with Crippen molar-refractivity contribution in [3.05, 3.63) is 47.7 Å². The zero-order valence-electron chi connectivity index (χ0n) is 13.0. The van der Waals surface area contributed by atoms with Crippen LogP contribution in [0.25, 0.3) is 0 Å². The highest BCUT2D eigenvalue weighted by Gasteiger charge is 2.33. The zero-order chi connectivity index (χ0) is 16.9. The lowest BCUT2D eigenvalue weighted by atomic mass is 10.2. The molecule has 0 bridgehead atoms. The molecule has 0 aliphatic heterocycles. The van der Waals surface area contributed by atoms with Gasteiger partial charge in [-0.3, -0.25) is 0 Å². The highest BCUT2D eigenvalue weighted by Crippen LogP contribution is 2.29. The second-order valence-electron chi connectivity index (χ2n) is 5.25. The zero-order valence-corrected chi connectivity index (χ0v) is 13.0. The van der Waals surface area contributed by atoms with Crippen molar-refractivity contribution >= 4 is 11.8 Å². The first-order valence-electron chi connectivity index (χ1n) is 7.39. The fourth-order valence-corrected chi connectivity index (χ4v) is 1.86. The third-order valence-corrected chi connectivity index (χ3v) is 3.32. The Kier molecular flexibility index (Phi) is 5.41. The van der Waals surface area contributed by atoms with Crippen molar-refractivity contribution in [3.8, 4) is 0 Å². The summed E-state index contributed by atoms with van der Waals surface area (Å²) < 4.78 is 39.0. The smallest absolute Gasteiger partial charge is 0.366 e. The molecule has 2 N–H and O–H groups in total. The van der Waals surface area contributed by atoms with Crippen LogP contribution in [0.5, 0.6) is 0 Å². The Morgan fingerprint density at radius 1 is 1.13 bits per heavy atom. The van der Waals surface area contributed by atoms with Gasteiger partial charge in [-0.25, -0.2) is 4.98 Å². The lowest BCUT2D eigenvalue weighted by Crippen LogP contribution is -2.19. The van der Waals surface area contributed by atoms with Crippen molar-refractivity contribution < 1.29 is 13.2 Å². The van der Waals surface area contributed by atoms with Crippen molar-refractivity contribution in [2.75, 3.05) is 10.6 Å². The summed E-state index contributed by atoms with van der Waals surface area (Å²) in [6, 6.07) is 10.3. The molecule has 0 amide bonds. The number of nitrogens with zero attached hydrogens (tertiary/aromatic N) is 2. The van der Waals surface area contributed by atoms with Crippen LogP contribution in [0.2, 0.25) is 0 Å². The third-order valence-electron chi connectivity index (χ3n) is 3.32. The fraction of sp³-hybridized carbons (Fsp3) is 0.375. The molecule has 0 radical (unpaired) electrons. The van der Waals surface area contributed by atoms with Crippen molar-refractivity contribution in [1.29, 1.82) is 0 Å². The minimum Gasteiger partial charge on any atom is -0.366 e. The molecule has 1 heterocycles. The van der Waals surface area contributed by atoms with E-state index < -0.39 is 11.9 Å². The largest absolute Gasteiger partial charge is 0.433 e. The molecule has 7 heteroatoms. The molecular weight excluding hydrogens is 305 g/mol. The minimum atomic E-state index is -4.52. The second-order valence-corrected chi connectivity index (χ2v) is 5.25. The van der Waals surface area contributed by atoms with Crippen LogP contribution >= 0.6 is 0 Å². The van der Waals surface area contributed by atoms with Crippen molar-refractivity contribution in [2.24, 2.45) is 0 Å². The number of alkyl halides is 3. The van der Waals surface area contributed by atoms with Crippen LogP contribution in [-0.4, -0.2) is 16.0 Å². The molecule has 0 fully saturated rings. The summed E-state index contributed by atoms with van der Waals surface area (Å²) in [6.07, 6.45) is -3.76. The third kappa shape index (κ3) is 5.12. The van der Waals surface area contributed by atoms with E-state index in [0.29, 0.717) is 6.54 Å². The monoisotopic (exact) mass is 324 g/mol. The van der Waals surface area contributed by atoms with E-state index in [1.165, 1.54) is 0 Å². The van der Waals surface area contributed by atoms with Gasteiger partial charge in [0, 0.05) is 18.7 Å². The van der Waals surface area contributed by atoms with Crippen molar-refractivity contribution in [3.63, 3.8) is 0 Å². The van der Waals surface area contributed by atoms with Gasteiger partial charge < -0.3 is 10.6 Å². The predicted molar refractivity (Wildman–Crippen MR) is 84.2 cm³/mol.